The molecule has 0 atom stereocenters. The normalized spacial score (nSPS) is 10.2. The summed E-state index contributed by atoms with van der Waals surface area (Å²) in [5, 5.41) is 0.826. The second-order valence-electron chi connectivity index (χ2n) is 2.55. The lowest BCUT2D eigenvalue weighted by atomic mass is 10.2. The summed E-state index contributed by atoms with van der Waals surface area (Å²) in [6, 6.07) is 6.04. The topological polar surface area (TPSA) is 26.0 Å². The molecule has 0 aliphatic heterocycles. The van der Waals surface area contributed by atoms with Crippen LogP contribution in [0.1, 0.15) is 5.56 Å². The summed E-state index contributed by atoms with van der Waals surface area (Å²) in [6.45, 7) is 2.72. The maximum Gasteiger partial charge on any atom is 0.0435 e. The molecule has 0 heterocycles. The van der Waals surface area contributed by atoms with Crippen LogP contribution in [0.4, 0.5) is 0 Å². The minimum absolute atomic E-state index is 0.715. The van der Waals surface area contributed by atoms with Crippen molar-refractivity contribution in [1.29, 1.82) is 0 Å². The summed E-state index contributed by atoms with van der Waals surface area (Å²) in [7, 11) is 0. The average Bonchev–Trinajstić information content (AvgIpc) is 2.07. The second kappa shape index (κ2) is 4.75. The van der Waals surface area contributed by atoms with Crippen molar-refractivity contribution in [1.82, 2.24) is 0 Å². The first kappa shape index (κ1) is 9.90. The highest BCUT2D eigenvalue weighted by atomic mass is 35.5. The molecule has 12 heavy (non-hydrogen) atoms. The van der Waals surface area contributed by atoms with E-state index in [0.717, 1.165) is 16.3 Å². The molecule has 0 bridgehead atoms. The second-order valence-corrected chi connectivity index (χ2v) is 4.12. The van der Waals surface area contributed by atoms with Gasteiger partial charge in [0, 0.05) is 22.2 Å². The minimum Gasteiger partial charge on any atom is -0.330 e. The third kappa shape index (κ3) is 2.70. The van der Waals surface area contributed by atoms with Gasteiger partial charge >= 0.3 is 0 Å². The molecule has 0 radical (unpaired) electrons. The molecule has 0 aliphatic rings. The van der Waals surface area contributed by atoms with Crippen LogP contribution >= 0.6 is 23.4 Å². The summed E-state index contributed by atoms with van der Waals surface area (Å²) in [6.07, 6.45) is 0. The van der Waals surface area contributed by atoms with Gasteiger partial charge in [0.15, 0.2) is 0 Å². The van der Waals surface area contributed by atoms with E-state index in [-0.39, 0.29) is 0 Å². The molecule has 1 aromatic carbocycles. The molecule has 0 unspecified atom stereocenters. The van der Waals surface area contributed by atoms with Gasteiger partial charge in [0.1, 0.15) is 0 Å². The number of halogens is 1. The van der Waals surface area contributed by atoms with E-state index in [4.69, 9.17) is 17.3 Å². The highest BCUT2D eigenvalue weighted by Crippen LogP contribution is 2.23. The van der Waals surface area contributed by atoms with Gasteiger partial charge in [0.2, 0.25) is 0 Å². The summed E-state index contributed by atoms with van der Waals surface area (Å²) < 4.78 is 0. The SMILES string of the molecule is Cc1cc(SCCN)ccc1Cl. The number of aryl methyl sites for hydroxylation is 1. The van der Waals surface area contributed by atoms with E-state index >= 15 is 0 Å². The number of benzene rings is 1. The van der Waals surface area contributed by atoms with Crippen LogP contribution < -0.4 is 5.73 Å². The van der Waals surface area contributed by atoms with Crippen LogP contribution in [-0.2, 0) is 0 Å². The fourth-order valence-electron chi connectivity index (χ4n) is 0.884. The fraction of sp³-hybridized carbons (Fsp3) is 0.333. The largest absolute Gasteiger partial charge is 0.330 e. The van der Waals surface area contributed by atoms with E-state index in [9.17, 15) is 0 Å². The van der Waals surface area contributed by atoms with Crippen molar-refractivity contribution in [2.45, 2.75) is 11.8 Å². The number of hydrogen-bond donors (Lipinski definition) is 1. The van der Waals surface area contributed by atoms with E-state index in [1.165, 1.54) is 4.90 Å². The van der Waals surface area contributed by atoms with Gasteiger partial charge in [-0.3, -0.25) is 0 Å². The van der Waals surface area contributed by atoms with Gasteiger partial charge < -0.3 is 5.73 Å². The molecule has 2 N–H and O–H groups in total. The third-order valence-electron chi connectivity index (χ3n) is 1.52. The monoisotopic (exact) mass is 201 g/mol. The van der Waals surface area contributed by atoms with Crippen LogP contribution in [0.25, 0.3) is 0 Å². The lowest BCUT2D eigenvalue weighted by Gasteiger charge is -2.02. The Hall–Kier alpha value is -0.180. The Morgan fingerprint density at radius 3 is 2.83 bits per heavy atom. The van der Waals surface area contributed by atoms with Crippen molar-refractivity contribution in [3.63, 3.8) is 0 Å². The molecule has 0 saturated carbocycles. The van der Waals surface area contributed by atoms with E-state index in [1.807, 2.05) is 19.1 Å². The summed E-state index contributed by atoms with van der Waals surface area (Å²) in [5.74, 6) is 0.959. The van der Waals surface area contributed by atoms with Gasteiger partial charge in [-0.05, 0) is 30.7 Å². The highest BCUT2D eigenvalue weighted by molar-refractivity contribution is 7.99. The standard InChI is InChI=1S/C9H12ClNS/c1-7-6-8(12-5-4-11)2-3-9(7)10/h2-3,6H,4-5,11H2,1H3. The molecule has 3 heteroatoms. The molecule has 0 aliphatic carbocycles. The Labute approximate surface area is 82.3 Å². The maximum atomic E-state index is 5.88. The van der Waals surface area contributed by atoms with Crippen LogP contribution in [0.2, 0.25) is 5.02 Å². The first-order chi connectivity index (χ1) is 5.74. The van der Waals surface area contributed by atoms with Crippen LogP contribution in [0.15, 0.2) is 23.1 Å². The fourth-order valence-corrected chi connectivity index (χ4v) is 1.78. The molecule has 0 saturated heterocycles. The molecule has 66 valence electrons. The van der Waals surface area contributed by atoms with Crippen LogP contribution in [-0.4, -0.2) is 12.3 Å². The molecule has 0 spiro atoms. The first-order valence-electron chi connectivity index (χ1n) is 3.83. The van der Waals surface area contributed by atoms with E-state index in [2.05, 4.69) is 6.07 Å². The minimum atomic E-state index is 0.715. The molecule has 0 aromatic heterocycles. The Balaban J connectivity index is 2.69. The summed E-state index contributed by atoms with van der Waals surface area (Å²) >= 11 is 7.64. The zero-order valence-corrected chi connectivity index (χ0v) is 8.58. The molecule has 0 amide bonds. The maximum absolute atomic E-state index is 5.88. The number of rotatable bonds is 3. The van der Waals surface area contributed by atoms with Crippen LogP contribution in [0.5, 0.6) is 0 Å². The van der Waals surface area contributed by atoms with Crippen molar-refractivity contribution in [2.75, 3.05) is 12.3 Å². The molecule has 1 rings (SSSR count). The van der Waals surface area contributed by atoms with E-state index in [0.29, 0.717) is 6.54 Å². The molecule has 1 aromatic rings. The van der Waals surface area contributed by atoms with Crippen molar-refractivity contribution in [3.05, 3.63) is 28.8 Å². The molecular weight excluding hydrogens is 190 g/mol. The quantitative estimate of drug-likeness (QED) is 0.762. The predicted octanol–water partition coefficient (Wildman–Crippen LogP) is 2.70. The first-order valence-corrected chi connectivity index (χ1v) is 5.19. The van der Waals surface area contributed by atoms with Gasteiger partial charge in [0.05, 0.1) is 0 Å². The number of nitrogens with two attached hydrogens (primary N) is 1. The predicted molar refractivity (Wildman–Crippen MR) is 56.0 cm³/mol. The van der Waals surface area contributed by atoms with E-state index in [1.54, 1.807) is 11.8 Å². The van der Waals surface area contributed by atoms with Crippen molar-refractivity contribution in [2.24, 2.45) is 5.73 Å². The smallest absolute Gasteiger partial charge is 0.0435 e. The molecule has 1 nitrogen and oxygen atoms in total. The Kier molecular flexibility index (Phi) is 3.92. The van der Waals surface area contributed by atoms with Crippen LogP contribution in [0, 0.1) is 6.92 Å². The summed E-state index contributed by atoms with van der Waals surface area (Å²) in [4.78, 5) is 1.24. The zero-order valence-electron chi connectivity index (χ0n) is 7.01. The van der Waals surface area contributed by atoms with Gasteiger partial charge in [-0.15, -0.1) is 11.8 Å². The average molecular weight is 202 g/mol. The van der Waals surface area contributed by atoms with Gasteiger partial charge in [-0.2, -0.15) is 0 Å². The Morgan fingerprint density at radius 2 is 2.25 bits per heavy atom. The zero-order chi connectivity index (χ0) is 8.97. The molecular formula is C9H12ClNS. The van der Waals surface area contributed by atoms with Gasteiger partial charge in [-0.25, -0.2) is 0 Å². The van der Waals surface area contributed by atoms with Gasteiger partial charge in [-0.1, -0.05) is 11.6 Å². The number of thioether (sulfide) groups is 1. The van der Waals surface area contributed by atoms with Crippen molar-refractivity contribution in [3.8, 4) is 0 Å². The lowest BCUT2D eigenvalue weighted by Crippen LogP contribution is -2.00. The van der Waals surface area contributed by atoms with Crippen LogP contribution in [0.3, 0.4) is 0 Å². The third-order valence-corrected chi connectivity index (χ3v) is 2.97. The lowest BCUT2D eigenvalue weighted by molar-refractivity contribution is 1.15. The Morgan fingerprint density at radius 1 is 1.50 bits per heavy atom. The number of hydrogen-bond acceptors (Lipinski definition) is 2. The van der Waals surface area contributed by atoms with Crippen molar-refractivity contribution >= 4 is 23.4 Å². The van der Waals surface area contributed by atoms with Crippen molar-refractivity contribution < 1.29 is 0 Å². The molecule has 0 fully saturated rings. The van der Waals surface area contributed by atoms with E-state index < -0.39 is 0 Å². The van der Waals surface area contributed by atoms with Gasteiger partial charge in [0.25, 0.3) is 0 Å². The Bertz CT molecular complexity index is 263. The summed E-state index contributed by atoms with van der Waals surface area (Å²) in [5.41, 5.74) is 6.52. The highest BCUT2D eigenvalue weighted by Gasteiger charge is 1.96.